The van der Waals surface area contributed by atoms with E-state index in [-0.39, 0.29) is 23.8 Å². The highest BCUT2D eigenvalue weighted by Gasteiger charge is 2.35. The van der Waals surface area contributed by atoms with Gasteiger partial charge in [-0.15, -0.1) is 0 Å². The quantitative estimate of drug-likeness (QED) is 0.207. The maximum Gasteiger partial charge on any atom is 0.338 e. The van der Waals surface area contributed by atoms with Gasteiger partial charge in [0.15, 0.2) is 16.3 Å². The van der Waals surface area contributed by atoms with Gasteiger partial charge >= 0.3 is 5.97 Å². The Morgan fingerprint density at radius 2 is 1.81 bits per heavy atom. The highest BCUT2D eigenvalue weighted by Crippen LogP contribution is 2.41. The van der Waals surface area contributed by atoms with Gasteiger partial charge in [-0.2, -0.15) is 0 Å². The fourth-order valence-electron chi connectivity index (χ4n) is 5.19. The van der Waals surface area contributed by atoms with E-state index >= 15 is 0 Å². The van der Waals surface area contributed by atoms with Gasteiger partial charge in [0.05, 0.1) is 48.3 Å². The maximum absolute atomic E-state index is 14.2. The Labute approximate surface area is 262 Å². The van der Waals surface area contributed by atoms with Gasteiger partial charge in [-0.05, 0) is 75.4 Å². The van der Waals surface area contributed by atoms with E-state index in [1.807, 2.05) is 63.2 Å². The van der Waals surface area contributed by atoms with Crippen molar-refractivity contribution in [1.82, 2.24) is 4.57 Å². The first-order valence-electron chi connectivity index (χ1n) is 14.1. The molecule has 1 aliphatic rings. The molecular weight excluding hydrogens is 632 g/mol. The third-order valence-corrected chi connectivity index (χ3v) is 8.63. The van der Waals surface area contributed by atoms with Crippen LogP contribution in [-0.4, -0.2) is 37.0 Å². The van der Waals surface area contributed by atoms with Gasteiger partial charge in [-0.25, -0.2) is 9.79 Å². The molecule has 0 spiro atoms. The third kappa shape index (κ3) is 5.86. The van der Waals surface area contributed by atoms with Crippen LogP contribution in [0.15, 0.2) is 74.1 Å². The molecule has 4 aromatic rings. The molecule has 224 valence electrons. The molecule has 0 radical (unpaired) electrons. The van der Waals surface area contributed by atoms with Gasteiger partial charge in [0, 0.05) is 9.86 Å². The third-order valence-electron chi connectivity index (χ3n) is 6.96. The fraction of sp³-hybridized carbons (Fsp3) is 0.303. The molecule has 10 heteroatoms. The summed E-state index contributed by atoms with van der Waals surface area (Å²) in [7, 11) is 1.55. The van der Waals surface area contributed by atoms with Crippen molar-refractivity contribution in [3.8, 4) is 17.2 Å². The van der Waals surface area contributed by atoms with E-state index in [2.05, 4.69) is 15.9 Å². The van der Waals surface area contributed by atoms with Crippen LogP contribution in [0.2, 0.25) is 0 Å². The molecule has 43 heavy (non-hydrogen) atoms. The van der Waals surface area contributed by atoms with Gasteiger partial charge < -0.3 is 18.9 Å². The smallest absolute Gasteiger partial charge is 0.338 e. The second kappa shape index (κ2) is 12.8. The Balaban J connectivity index is 1.75. The minimum Gasteiger partial charge on any atom is -0.493 e. The number of fused-ring (bicyclic) bond motifs is 2. The average Bonchev–Trinajstić information content (AvgIpc) is 3.28. The number of ether oxygens (including phenoxy) is 4. The molecule has 0 saturated heterocycles. The summed E-state index contributed by atoms with van der Waals surface area (Å²) >= 11 is 4.94. The van der Waals surface area contributed by atoms with E-state index in [9.17, 15) is 9.59 Å². The zero-order valence-electron chi connectivity index (χ0n) is 24.9. The number of hydrogen-bond acceptors (Lipinski definition) is 8. The number of nitrogens with zero attached hydrogens (tertiary/aromatic N) is 2. The number of thiazole rings is 1. The lowest BCUT2D eigenvalue weighted by molar-refractivity contribution is -0.139. The summed E-state index contributed by atoms with van der Waals surface area (Å²) in [6.07, 6.45) is 1.90. The number of carbonyl (C=O) groups is 1. The molecule has 0 saturated carbocycles. The SMILES string of the molecule is CCOC(=O)C1=C(C)N=c2s/c(=C/c3ccc(OC(C)C)c4ccccc34)c(=O)n2[C@@H]1c1cc(OC)c(OCC)cc1Br. The van der Waals surface area contributed by atoms with Gasteiger partial charge in [0.1, 0.15) is 5.75 Å². The normalized spacial score (nSPS) is 15.0. The van der Waals surface area contributed by atoms with Gasteiger partial charge in [0.25, 0.3) is 5.56 Å². The first-order valence-corrected chi connectivity index (χ1v) is 15.7. The number of rotatable bonds is 9. The lowest BCUT2D eigenvalue weighted by Crippen LogP contribution is -2.40. The van der Waals surface area contributed by atoms with Crippen LogP contribution in [-0.2, 0) is 9.53 Å². The predicted octanol–water partition coefficient (Wildman–Crippen LogP) is 5.91. The van der Waals surface area contributed by atoms with E-state index in [0.29, 0.717) is 43.2 Å². The van der Waals surface area contributed by atoms with Crippen molar-refractivity contribution in [1.29, 1.82) is 0 Å². The Bertz CT molecular complexity index is 1920. The minimum atomic E-state index is -0.810. The summed E-state index contributed by atoms with van der Waals surface area (Å²) in [5.74, 6) is 1.28. The van der Waals surface area contributed by atoms with Gasteiger partial charge in [-0.1, -0.05) is 57.6 Å². The standard InChI is InChI=1S/C33H33BrN2O6S/c1-7-40-27-17-24(34)23(16-26(27)39-6)30-29(32(38)41-8-2)19(5)35-33-36(30)31(37)28(43-33)15-20-13-14-25(42-18(3)4)22-12-10-9-11-21(20)22/h9-18,30H,7-8H2,1-6H3/b28-15+/t30-/m1/s1. The first-order chi connectivity index (χ1) is 20.7. The summed E-state index contributed by atoms with van der Waals surface area (Å²) in [5, 5.41) is 1.92. The van der Waals surface area contributed by atoms with Crippen LogP contribution in [0.5, 0.6) is 17.2 Å². The molecule has 0 N–H and O–H groups in total. The predicted molar refractivity (Wildman–Crippen MR) is 172 cm³/mol. The van der Waals surface area contributed by atoms with E-state index in [0.717, 1.165) is 22.1 Å². The topological polar surface area (TPSA) is 88.4 Å². The van der Waals surface area contributed by atoms with Crippen LogP contribution in [0.4, 0.5) is 0 Å². The van der Waals surface area contributed by atoms with Crippen LogP contribution in [0.1, 0.15) is 51.8 Å². The number of methoxy groups -OCH3 is 1. The Hall–Kier alpha value is -3.89. The molecule has 3 aromatic carbocycles. The fourth-order valence-corrected chi connectivity index (χ4v) is 6.77. The van der Waals surface area contributed by atoms with Gasteiger partial charge in [0.2, 0.25) is 0 Å². The number of carbonyl (C=O) groups excluding carboxylic acids is 1. The first kappa shape index (κ1) is 30.6. The van der Waals surface area contributed by atoms with E-state index in [4.69, 9.17) is 23.9 Å². The van der Waals surface area contributed by atoms with Crippen molar-refractivity contribution in [2.24, 2.45) is 4.99 Å². The summed E-state index contributed by atoms with van der Waals surface area (Å²) in [4.78, 5) is 32.8. The van der Waals surface area contributed by atoms with Crippen molar-refractivity contribution in [2.75, 3.05) is 20.3 Å². The number of benzene rings is 3. The monoisotopic (exact) mass is 664 g/mol. The summed E-state index contributed by atoms with van der Waals surface area (Å²) in [6.45, 7) is 10.0. The highest BCUT2D eigenvalue weighted by atomic mass is 79.9. The minimum absolute atomic E-state index is 0.0235. The van der Waals surface area contributed by atoms with Crippen LogP contribution >= 0.6 is 27.3 Å². The molecule has 8 nitrogen and oxygen atoms in total. The highest BCUT2D eigenvalue weighted by molar-refractivity contribution is 9.10. The molecule has 5 rings (SSSR count). The zero-order valence-corrected chi connectivity index (χ0v) is 27.3. The molecule has 0 fully saturated rings. The maximum atomic E-state index is 14.2. The van der Waals surface area contributed by atoms with Crippen molar-refractivity contribution >= 4 is 50.1 Å². The molecular formula is C33H33BrN2O6S. The molecule has 1 atom stereocenters. The van der Waals surface area contributed by atoms with Crippen LogP contribution in [0.25, 0.3) is 16.8 Å². The number of hydrogen-bond donors (Lipinski definition) is 0. The molecule has 1 aromatic heterocycles. The van der Waals surface area contributed by atoms with Crippen molar-refractivity contribution in [3.05, 3.63) is 95.1 Å². The number of esters is 1. The average molecular weight is 666 g/mol. The number of halogens is 1. The Morgan fingerprint density at radius 3 is 2.49 bits per heavy atom. The number of aromatic nitrogens is 1. The molecule has 0 aliphatic carbocycles. The molecule has 0 amide bonds. The van der Waals surface area contributed by atoms with Crippen molar-refractivity contribution < 1.29 is 23.7 Å². The van der Waals surface area contributed by atoms with E-state index in [1.54, 1.807) is 37.7 Å². The Morgan fingerprint density at radius 1 is 1.07 bits per heavy atom. The second-order valence-corrected chi connectivity index (χ2v) is 12.0. The van der Waals surface area contributed by atoms with E-state index < -0.39 is 12.0 Å². The summed E-state index contributed by atoms with van der Waals surface area (Å²) in [6, 6.07) is 14.6. The van der Waals surface area contributed by atoms with Crippen molar-refractivity contribution in [3.63, 3.8) is 0 Å². The molecule has 2 heterocycles. The molecule has 0 unspecified atom stereocenters. The lowest BCUT2D eigenvalue weighted by atomic mass is 9.95. The van der Waals surface area contributed by atoms with Gasteiger partial charge in [-0.3, -0.25) is 9.36 Å². The second-order valence-electron chi connectivity index (χ2n) is 10.1. The van der Waals surface area contributed by atoms with E-state index in [1.165, 1.54) is 11.3 Å². The largest absolute Gasteiger partial charge is 0.493 e. The summed E-state index contributed by atoms with van der Waals surface area (Å²) < 4.78 is 25.6. The molecule has 0 bridgehead atoms. The lowest BCUT2D eigenvalue weighted by Gasteiger charge is -2.26. The summed E-state index contributed by atoms with van der Waals surface area (Å²) in [5.41, 5.74) is 2.02. The van der Waals surface area contributed by atoms with Crippen LogP contribution in [0.3, 0.4) is 0 Å². The number of allylic oxidation sites excluding steroid dienone is 1. The zero-order chi connectivity index (χ0) is 30.8. The Kier molecular flexibility index (Phi) is 9.08. The van der Waals surface area contributed by atoms with Crippen LogP contribution in [0, 0.1) is 0 Å². The van der Waals surface area contributed by atoms with Crippen LogP contribution < -0.4 is 29.1 Å². The molecule has 1 aliphatic heterocycles. The van der Waals surface area contributed by atoms with Crippen molar-refractivity contribution in [2.45, 2.75) is 46.8 Å².